The number of hydrogen-bond acceptors (Lipinski definition) is 3. The van der Waals surface area contributed by atoms with Gasteiger partial charge in [0.15, 0.2) is 0 Å². The van der Waals surface area contributed by atoms with Gasteiger partial charge in [0, 0.05) is 35.6 Å². The molecule has 1 aromatic carbocycles. The maximum absolute atomic E-state index is 11.3. The van der Waals surface area contributed by atoms with Crippen molar-refractivity contribution in [3.63, 3.8) is 0 Å². The van der Waals surface area contributed by atoms with Crippen molar-refractivity contribution in [1.82, 2.24) is 4.57 Å². The van der Waals surface area contributed by atoms with E-state index >= 15 is 0 Å². The van der Waals surface area contributed by atoms with Crippen LogP contribution in [0.3, 0.4) is 0 Å². The lowest BCUT2D eigenvalue weighted by Crippen LogP contribution is -1.98. The Morgan fingerprint density at radius 1 is 1.33 bits per heavy atom. The molecule has 0 N–H and O–H groups in total. The first-order chi connectivity index (χ1) is 9.99. The molecule has 4 nitrogen and oxygen atoms in total. The number of aryl methyl sites for hydroxylation is 1. The van der Waals surface area contributed by atoms with Crippen molar-refractivity contribution in [2.75, 3.05) is 14.2 Å². The lowest BCUT2D eigenvalue weighted by molar-refractivity contribution is -0.134. The van der Waals surface area contributed by atoms with Crippen LogP contribution in [0.2, 0.25) is 0 Å². The molecule has 1 unspecified atom stereocenters. The van der Waals surface area contributed by atoms with Crippen molar-refractivity contribution in [2.45, 2.75) is 19.8 Å². The standard InChI is InChI=1S/C17H21NO3/c1-11(6-9-16(19)21-5)17-12(2)18(3)15-8-7-13(20-4)10-14(15)17/h6-11H,1-5H3/b9-6-. The fourth-order valence-electron chi connectivity index (χ4n) is 2.67. The first-order valence-corrected chi connectivity index (χ1v) is 6.88. The lowest BCUT2D eigenvalue weighted by Gasteiger charge is -2.08. The summed E-state index contributed by atoms with van der Waals surface area (Å²) in [5.41, 5.74) is 3.54. The zero-order valence-corrected chi connectivity index (χ0v) is 13.1. The highest BCUT2D eigenvalue weighted by Crippen LogP contribution is 2.34. The van der Waals surface area contributed by atoms with Crippen LogP contribution in [0, 0.1) is 6.92 Å². The third kappa shape index (κ3) is 2.79. The third-order valence-electron chi connectivity index (χ3n) is 3.93. The van der Waals surface area contributed by atoms with Gasteiger partial charge in [-0.1, -0.05) is 13.0 Å². The van der Waals surface area contributed by atoms with E-state index in [1.807, 2.05) is 25.3 Å². The molecule has 21 heavy (non-hydrogen) atoms. The monoisotopic (exact) mass is 287 g/mol. The first-order valence-electron chi connectivity index (χ1n) is 6.88. The molecule has 1 aromatic heterocycles. The van der Waals surface area contributed by atoms with E-state index in [0.29, 0.717) is 0 Å². The number of carbonyl (C=O) groups is 1. The maximum Gasteiger partial charge on any atom is 0.330 e. The molecule has 1 heterocycles. The number of rotatable bonds is 4. The molecule has 0 radical (unpaired) electrons. The van der Waals surface area contributed by atoms with Gasteiger partial charge in [-0.3, -0.25) is 0 Å². The Hall–Kier alpha value is -2.23. The second-order valence-corrected chi connectivity index (χ2v) is 5.11. The van der Waals surface area contributed by atoms with E-state index < -0.39 is 0 Å². The second kappa shape index (κ2) is 6.04. The van der Waals surface area contributed by atoms with Crippen molar-refractivity contribution < 1.29 is 14.3 Å². The van der Waals surface area contributed by atoms with Crippen LogP contribution in [-0.2, 0) is 16.6 Å². The van der Waals surface area contributed by atoms with Crippen molar-refractivity contribution in [1.29, 1.82) is 0 Å². The summed E-state index contributed by atoms with van der Waals surface area (Å²) in [7, 11) is 5.09. The number of nitrogens with zero attached hydrogens (tertiary/aromatic N) is 1. The average molecular weight is 287 g/mol. The van der Waals surface area contributed by atoms with Gasteiger partial charge in [-0.25, -0.2) is 4.79 Å². The molecule has 0 aliphatic carbocycles. The summed E-state index contributed by atoms with van der Waals surface area (Å²) in [5, 5.41) is 1.15. The Balaban J connectivity index is 2.54. The highest BCUT2D eigenvalue weighted by atomic mass is 16.5. The normalized spacial score (nSPS) is 12.8. The van der Waals surface area contributed by atoms with E-state index in [2.05, 4.69) is 29.2 Å². The number of aromatic nitrogens is 1. The number of fused-ring (bicyclic) bond motifs is 1. The van der Waals surface area contributed by atoms with Crippen LogP contribution in [0.4, 0.5) is 0 Å². The molecule has 0 saturated heterocycles. The SMILES string of the molecule is COC(=O)/C=C\C(C)c1c(C)n(C)c2ccc(OC)cc12. The molecule has 1 atom stereocenters. The van der Waals surface area contributed by atoms with E-state index in [1.54, 1.807) is 7.11 Å². The molecular weight excluding hydrogens is 266 g/mol. The molecule has 0 bridgehead atoms. The molecule has 0 aliphatic rings. The fraction of sp³-hybridized carbons (Fsp3) is 0.353. The Labute approximate surface area is 125 Å². The summed E-state index contributed by atoms with van der Waals surface area (Å²) >= 11 is 0. The molecule has 0 saturated carbocycles. The van der Waals surface area contributed by atoms with Crippen LogP contribution in [-0.4, -0.2) is 24.8 Å². The van der Waals surface area contributed by atoms with Crippen LogP contribution >= 0.6 is 0 Å². The van der Waals surface area contributed by atoms with E-state index in [-0.39, 0.29) is 11.9 Å². The molecular formula is C17H21NO3. The van der Waals surface area contributed by atoms with Gasteiger partial charge in [-0.15, -0.1) is 0 Å². The van der Waals surface area contributed by atoms with Gasteiger partial charge in [-0.05, 0) is 30.7 Å². The van der Waals surface area contributed by atoms with Crippen LogP contribution < -0.4 is 4.74 Å². The third-order valence-corrected chi connectivity index (χ3v) is 3.93. The zero-order valence-electron chi connectivity index (χ0n) is 13.1. The molecule has 112 valence electrons. The highest BCUT2D eigenvalue weighted by Gasteiger charge is 2.16. The molecule has 0 fully saturated rings. The van der Waals surface area contributed by atoms with Gasteiger partial charge >= 0.3 is 5.97 Å². The summed E-state index contributed by atoms with van der Waals surface area (Å²) in [4.78, 5) is 11.3. The van der Waals surface area contributed by atoms with Crippen molar-refractivity contribution >= 4 is 16.9 Å². The molecule has 2 aromatic rings. The van der Waals surface area contributed by atoms with Crippen molar-refractivity contribution in [3.05, 3.63) is 41.6 Å². The van der Waals surface area contributed by atoms with E-state index in [0.717, 1.165) is 16.7 Å². The molecule has 0 amide bonds. The number of esters is 1. The molecule has 4 heteroatoms. The minimum Gasteiger partial charge on any atom is -0.497 e. The van der Waals surface area contributed by atoms with Gasteiger partial charge in [0.1, 0.15) is 5.75 Å². The largest absolute Gasteiger partial charge is 0.497 e. The average Bonchev–Trinajstić information content (AvgIpc) is 2.75. The van der Waals surface area contributed by atoms with Crippen molar-refractivity contribution in [2.24, 2.45) is 7.05 Å². The number of ether oxygens (including phenoxy) is 2. The van der Waals surface area contributed by atoms with E-state index in [9.17, 15) is 4.79 Å². The quantitative estimate of drug-likeness (QED) is 0.639. The Bertz CT molecular complexity index is 698. The zero-order chi connectivity index (χ0) is 15.6. The minimum absolute atomic E-state index is 0.111. The van der Waals surface area contributed by atoms with Crippen LogP contribution in [0.1, 0.15) is 24.1 Å². The Kier molecular flexibility index (Phi) is 4.36. The summed E-state index contributed by atoms with van der Waals surface area (Å²) in [5.74, 6) is 0.607. The molecule has 0 spiro atoms. The first kappa shape index (κ1) is 15.2. The van der Waals surface area contributed by atoms with Crippen molar-refractivity contribution in [3.8, 4) is 5.75 Å². The number of methoxy groups -OCH3 is 2. The lowest BCUT2D eigenvalue weighted by atomic mass is 9.97. The fourth-order valence-corrected chi connectivity index (χ4v) is 2.67. The van der Waals surface area contributed by atoms with E-state index in [4.69, 9.17) is 4.74 Å². The molecule has 2 rings (SSSR count). The predicted molar refractivity (Wildman–Crippen MR) is 83.8 cm³/mol. The number of hydrogen-bond donors (Lipinski definition) is 0. The minimum atomic E-state index is -0.336. The summed E-state index contributed by atoms with van der Waals surface area (Å²) in [6, 6.07) is 6.06. The second-order valence-electron chi connectivity index (χ2n) is 5.11. The summed E-state index contributed by atoms with van der Waals surface area (Å²) in [6.45, 7) is 4.16. The summed E-state index contributed by atoms with van der Waals surface area (Å²) < 4.78 is 12.1. The van der Waals surface area contributed by atoms with Crippen LogP contribution in [0.25, 0.3) is 10.9 Å². The van der Waals surface area contributed by atoms with Gasteiger partial charge in [-0.2, -0.15) is 0 Å². The van der Waals surface area contributed by atoms with Gasteiger partial charge in [0.2, 0.25) is 0 Å². The Morgan fingerprint density at radius 3 is 2.67 bits per heavy atom. The van der Waals surface area contributed by atoms with Gasteiger partial charge in [0.25, 0.3) is 0 Å². The highest BCUT2D eigenvalue weighted by molar-refractivity contribution is 5.88. The van der Waals surface area contributed by atoms with Gasteiger partial charge in [0.05, 0.1) is 14.2 Å². The Morgan fingerprint density at radius 2 is 2.05 bits per heavy atom. The maximum atomic E-state index is 11.3. The van der Waals surface area contributed by atoms with Crippen LogP contribution in [0.15, 0.2) is 30.4 Å². The summed E-state index contributed by atoms with van der Waals surface area (Å²) in [6.07, 6.45) is 3.34. The van der Waals surface area contributed by atoms with E-state index in [1.165, 1.54) is 24.4 Å². The molecule has 0 aliphatic heterocycles. The predicted octanol–water partition coefficient (Wildman–Crippen LogP) is 3.33. The number of allylic oxidation sites excluding steroid dienone is 1. The topological polar surface area (TPSA) is 40.5 Å². The number of carbonyl (C=O) groups excluding carboxylic acids is 1. The van der Waals surface area contributed by atoms with Gasteiger partial charge < -0.3 is 14.0 Å². The number of benzene rings is 1. The smallest absolute Gasteiger partial charge is 0.330 e. The van der Waals surface area contributed by atoms with Crippen LogP contribution in [0.5, 0.6) is 5.75 Å².